The van der Waals surface area contributed by atoms with E-state index in [1.807, 2.05) is 11.4 Å². The summed E-state index contributed by atoms with van der Waals surface area (Å²) in [6, 6.07) is 6.12. The van der Waals surface area contributed by atoms with Crippen molar-refractivity contribution in [2.45, 2.75) is 19.7 Å². The van der Waals surface area contributed by atoms with Gasteiger partial charge in [0.25, 0.3) is 0 Å². The van der Waals surface area contributed by atoms with Crippen LogP contribution in [0.25, 0.3) is 10.7 Å². The standard InChI is InChI=1S/C18H20N4O2S/c1-23-11-14-7-13(3-4-17(14)24-2)8-20-9-15-12-25-18(22-15)16-10-19-5-6-21-16/h3-7,10,12,20H,8-9,11H2,1-2H3. The Morgan fingerprint density at radius 2 is 2.08 bits per heavy atom. The van der Waals surface area contributed by atoms with Crippen molar-refractivity contribution in [1.82, 2.24) is 20.3 Å². The predicted octanol–water partition coefficient (Wildman–Crippen LogP) is 3.04. The fraction of sp³-hybridized carbons (Fsp3) is 0.278. The Labute approximate surface area is 150 Å². The van der Waals surface area contributed by atoms with Crippen LogP contribution in [0, 0.1) is 0 Å². The highest BCUT2D eigenvalue weighted by Gasteiger charge is 2.07. The number of aromatic nitrogens is 3. The zero-order valence-electron chi connectivity index (χ0n) is 14.2. The normalized spacial score (nSPS) is 10.8. The molecule has 1 aromatic carbocycles. The fourth-order valence-corrected chi connectivity index (χ4v) is 3.24. The molecule has 6 nitrogen and oxygen atoms in total. The summed E-state index contributed by atoms with van der Waals surface area (Å²) in [6.07, 6.45) is 5.06. The van der Waals surface area contributed by atoms with E-state index in [1.54, 1.807) is 44.1 Å². The van der Waals surface area contributed by atoms with E-state index < -0.39 is 0 Å². The fourth-order valence-electron chi connectivity index (χ4n) is 2.46. The Balaban J connectivity index is 1.58. The molecule has 0 amide bonds. The topological polar surface area (TPSA) is 69.2 Å². The molecular formula is C18H20N4O2S. The first-order valence-corrected chi connectivity index (χ1v) is 8.74. The van der Waals surface area contributed by atoms with Gasteiger partial charge in [-0.2, -0.15) is 0 Å². The average molecular weight is 356 g/mol. The lowest BCUT2D eigenvalue weighted by atomic mass is 10.1. The smallest absolute Gasteiger partial charge is 0.143 e. The van der Waals surface area contributed by atoms with Crippen molar-refractivity contribution in [3.05, 3.63) is 59.0 Å². The zero-order chi connectivity index (χ0) is 17.5. The minimum atomic E-state index is 0.532. The Kier molecular flexibility index (Phi) is 6.05. The van der Waals surface area contributed by atoms with Gasteiger partial charge < -0.3 is 14.8 Å². The molecule has 0 spiro atoms. The molecule has 130 valence electrons. The second-order valence-electron chi connectivity index (χ2n) is 5.42. The van der Waals surface area contributed by atoms with Gasteiger partial charge in [-0.25, -0.2) is 4.98 Å². The van der Waals surface area contributed by atoms with Gasteiger partial charge in [-0.15, -0.1) is 11.3 Å². The van der Waals surface area contributed by atoms with Crippen molar-refractivity contribution >= 4 is 11.3 Å². The summed E-state index contributed by atoms with van der Waals surface area (Å²) in [5, 5.41) is 6.34. The molecule has 2 aromatic heterocycles. The van der Waals surface area contributed by atoms with Crippen LogP contribution in [0.15, 0.2) is 42.2 Å². The summed E-state index contributed by atoms with van der Waals surface area (Å²) in [4.78, 5) is 13.0. The molecule has 25 heavy (non-hydrogen) atoms. The number of methoxy groups -OCH3 is 2. The average Bonchev–Trinajstić information content (AvgIpc) is 3.12. The minimum absolute atomic E-state index is 0.532. The van der Waals surface area contributed by atoms with E-state index in [-0.39, 0.29) is 0 Å². The van der Waals surface area contributed by atoms with E-state index in [0.29, 0.717) is 13.2 Å². The van der Waals surface area contributed by atoms with Crippen molar-refractivity contribution in [1.29, 1.82) is 0 Å². The molecule has 2 heterocycles. The molecule has 0 aliphatic heterocycles. The van der Waals surface area contributed by atoms with Crippen LogP contribution in [-0.2, 0) is 24.4 Å². The molecule has 1 N–H and O–H groups in total. The van der Waals surface area contributed by atoms with Gasteiger partial charge in [0.15, 0.2) is 0 Å². The van der Waals surface area contributed by atoms with Crippen molar-refractivity contribution in [3.63, 3.8) is 0 Å². The van der Waals surface area contributed by atoms with Crippen LogP contribution in [0.5, 0.6) is 5.75 Å². The summed E-state index contributed by atoms with van der Waals surface area (Å²) in [5.41, 5.74) is 4.02. The molecule has 0 aliphatic rings. The van der Waals surface area contributed by atoms with Crippen molar-refractivity contribution in [3.8, 4) is 16.5 Å². The summed E-state index contributed by atoms with van der Waals surface area (Å²) >= 11 is 1.58. The Morgan fingerprint density at radius 3 is 2.84 bits per heavy atom. The lowest BCUT2D eigenvalue weighted by Gasteiger charge is -2.10. The SMILES string of the molecule is COCc1cc(CNCc2csc(-c3cnccn3)n2)ccc1OC. The van der Waals surface area contributed by atoms with E-state index in [2.05, 4.69) is 32.4 Å². The lowest BCUT2D eigenvalue weighted by molar-refractivity contribution is 0.181. The van der Waals surface area contributed by atoms with Gasteiger partial charge >= 0.3 is 0 Å². The first-order chi connectivity index (χ1) is 12.3. The van der Waals surface area contributed by atoms with Crippen molar-refractivity contribution in [2.75, 3.05) is 14.2 Å². The maximum atomic E-state index is 5.35. The highest BCUT2D eigenvalue weighted by atomic mass is 32.1. The number of hydrogen-bond acceptors (Lipinski definition) is 7. The number of thiazole rings is 1. The van der Waals surface area contributed by atoms with Crippen LogP contribution in [-0.4, -0.2) is 29.2 Å². The first-order valence-electron chi connectivity index (χ1n) is 7.86. The van der Waals surface area contributed by atoms with Crippen molar-refractivity contribution in [2.24, 2.45) is 0 Å². The Morgan fingerprint density at radius 1 is 1.16 bits per heavy atom. The van der Waals surface area contributed by atoms with Crippen LogP contribution >= 0.6 is 11.3 Å². The van der Waals surface area contributed by atoms with Gasteiger partial charge in [0.1, 0.15) is 16.5 Å². The molecule has 0 saturated heterocycles. The number of rotatable bonds is 8. The van der Waals surface area contributed by atoms with E-state index >= 15 is 0 Å². The second kappa shape index (κ2) is 8.66. The van der Waals surface area contributed by atoms with Gasteiger partial charge in [0.05, 0.1) is 25.6 Å². The molecule has 7 heteroatoms. The molecule has 0 radical (unpaired) electrons. The lowest BCUT2D eigenvalue weighted by Crippen LogP contribution is -2.13. The third kappa shape index (κ3) is 4.60. The van der Waals surface area contributed by atoms with Crippen LogP contribution in [0.4, 0.5) is 0 Å². The summed E-state index contributed by atoms with van der Waals surface area (Å²) in [7, 11) is 3.35. The highest BCUT2D eigenvalue weighted by Crippen LogP contribution is 2.22. The molecule has 0 aliphatic carbocycles. The molecule has 0 fully saturated rings. The van der Waals surface area contributed by atoms with Crippen LogP contribution in [0.2, 0.25) is 0 Å². The summed E-state index contributed by atoms with van der Waals surface area (Å²) in [5.74, 6) is 0.846. The summed E-state index contributed by atoms with van der Waals surface area (Å²) in [6.45, 7) is 1.98. The molecule has 0 saturated carbocycles. The van der Waals surface area contributed by atoms with Crippen LogP contribution in [0.3, 0.4) is 0 Å². The minimum Gasteiger partial charge on any atom is -0.496 e. The number of hydrogen-bond donors (Lipinski definition) is 1. The maximum absolute atomic E-state index is 5.35. The molecule has 3 aromatic rings. The van der Waals surface area contributed by atoms with E-state index in [1.165, 1.54) is 5.56 Å². The summed E-state index contributed by atoms with van der Waals surface area (Å²) < 4.78 is 10.6. The van der Waals surface area contributed by atoms with Gasteiger partial charge in [-0.05, 0) is 17.7 Å². The number of ether oxygens (including phenoxy) is 2. The van der Waals surface area contributed by atoms with E-state index in [9.17, 15) is 0 Å². The molecule has 0 atom stereocenters. The number of nitrogens with one attached hydrogen (secondary N) is 1. The van der Waals surface area contributed by atoms with E-state index in [4.69, 9.17) is 9.47 Å². The zero-order valence-corrected chi connectivity index (χ0v) is 15.0. The molecule has 0 unspecified atom stereocenters. The largest absolute Gasteiger partial charge is 0.496 e. The van der Waals surface area contributed by atoms with Crippen molar-refractivity contribution < 1.29 is 9.47 Å². The Hall–Kier alpha value is -2.35. The third-order valence-corrected chi connectivity index (χ3v) is 4.53. The van der Waals surface area contributed by atoms with Gasteiger partial charge in [-0.3, -0.25) is 9.97 Å². The van der Waals surface area contributed by atoms with Crippen LogP contribution < -0.4 is 10.1 Å². The number of benzene rings is 1. The Bertz CT molecular complexity index is 808. The third-order valence-electron chi connectivity index (χ3n) is 3.61. The predicted molar refractivity (Wildman–Crippen MR) is 97.4 cm³/mol. The highest BCUT2D eigenvalue weighted by molar-refractivity contribution is 7.13. The second-order valence-corrected chi connectivity index (χ2v) is 6.28. The maximum Gasteiger partial charge on any atom is 0.143 e. The number of nitrogens with zero attached hydrogens (tertiary/aromatic N) is 3. The molecule has 3 rings (SSSR count). The molecule has 0 bridgehead atoms. The van der Waals surface area contributed by atoms with Crippen LogP contribution in [0.1, 0.15) is 16.8 Å². The molecular weight excluding hydrogens is 336 g/mol. The first kappa shape index (κ1) is 17.5. The van der Waals surface area contributed by atoms with E-state index in [0.717, 1.165) is 34.3 Å². The van der Waals surface area contributed by atoms with Gasteiger partial charge in [0, 0.05) is 43.5 Å². The quantitative estimate of drug-likeness (QED) is 0.669. The van der Waals surface area contributed by atoms with Gasteiger partial charge in [-0.1, -0.05) is 6.07 Å². The monoisotopic (exact) mass is 356 g/mol. The van der Waals surface area contributed by atoms with Gasteiger partial charge in [0.2, 0.25) is 0 Å².